The molecule has 3 nitrogen and oxygen atoms in total. The van der Waals surface area contributed by atoms with Gasteiger partial charge in [0.25, 0.3) is 0 Å². The van der Waals surface area contributed by atoms with Crippen LogP contribution in [0.25, 0.3) is 0 Å². The van der Waals surface area contributed by atoms with Gasteiger partial charge in [-0.1, -0.05) is 0 Å². The smallest absolute Gasteiger partial charge is 0.127 e. The van der Waals surface area contributed by atoms with Crippen LogP contribution in [0.5, 0.6) is 0 Å². The van der Waals surface area contributed by atoms with E-state index >= 15 is 0 Å². The molecule has 1 N–H and O–H groups in total. The maximum Gasteiger partial charge on any atom is 0.127 e. The minimum absolute atomic E-state index is 0.595. The van der Waals surface area contributed by atoms with Gasteiger partial charge in [-0.25, -0.2) is 4.68 Å². The van der Waals surface area contributed by atoms with E-state index in [1.165, 1.54) is 17.8 Å². The van der Waals surface area contributed by atoms with Crippen molar-refractivity contribution in [3.05, 3.63) is 11.8 Å². The molecule has 2 rings (SSSR count). The molecule has 1 atom stereocenters. The lowest BCUT2D eigenvalue weighted by molar-refractivity contribution is 0.512. The van der Waals surface area contributed by atoms with E-state index in [0.29, 0.717) is 6.04 Å². The molecular weight excluding hydrogens is 138 g/mol. The summed E-state index contributed by atoms with van der Waals surface area (Å²) in [6.45, 7) is 5.34. The topological polar surface area (TPSA) is 29.9 Å². The van der Waals surface area contributed by atoms with Crippen LogP contribution in [0, 0.1) is 6.92 Å². The van der Waals surface area contributed by atoms with Crippen molar-refractivity contribution in [2.45, 2.75) is 32.9 Å². The molecule has 0 aromatic carbocycles. The monoisotopic (exact) mass is 151 g/mol. The van der Waals surface area contributed by atoms with Gasteiger partial charge in [0, 0.05) is 18.2 Å². The Kier molecular flexibility index (Phi) is 1.37. The molecule has 60 valence electrons. The Morgan fingerprint density at radius 1 is 1.73 bits per heavy atom. The van der Waals surface area contributed by atoms with E-state index in [2.05, 4.69) is 24.3 Å². The molecule has 0 spiro atoms. The molecular formula is C8H13N3. The van der Waals surface area contributed by atoms with E-state index < -0.39 is 0 Å². The fourth-order valence-electron chi connectivity index (χ4n) is 1.46. The van der Waals surface area contributed by atoms with Crippen molar-refractivity contribution in [2.24, 2.45) is 0 Å². The van der Waals surface area contributed by atoms with Gasteiger partial charge in [0.2, 0.25) is 0 Å². The highest BCUT2D eigenvalue weighted by molar-refractivity contribution is 5.44. The predicted octanol–water partition coefficient (Wildman–Crippen LogP) is 1.40. The first-order valence-corrected chi connectivity index (χ1v) is 4.06. The van der Waals surface area contributed by atoms with Gasteiger partial charge < -0.3 is 5.32 Å². The van der Waals surface area contributed by atoms with Crippen LogP contribution in [0.1, 0.15) is 18.9 Å². The number of fused-ring (bicyclic) bond motifs is 1. The summed E-state index contributed by atoms with van der Waals surface area (Å²) >= 11 is 0. The zero-order valence-corrected chi connectivity index (χ0v) is 6.96. The summed E-state index contributed by atoms with van der Waals surface area (Å²) < 4.78 is 2.04. The van der Waals surface area contributed by atoms with E-state index in [1.54, 1.807) is 0 Å². The van der Waals surface area contributed by atoms with Crippen molar-refractivity contribution in [3.8, 4) is 0 Å². The highest BCUT2D eigenvalue weighted by Gasteiger charge is 2.15. The van der Waals surface area contributed by atoms with Gasteiger partial charge in [0.1, 0.15) is 5.82 Å². The lowest BCUT2D eigenvalue weighted by Gasteiger charge is -2.22. The molecule has 1 aliphatic heterocycles. The zero-order valence-electron chi connectivity index (χ0n) is 6.96. The third-order valence-electron chi connectivity index (χ3n) is 2.18. The van der Waals surface area contributed by atoms with E-state index in [4.69, 9.17) is 0 Å². The first-order chi connectivity index (χ1) is 5.27. The van der Waals surface area contributed by atoms with Gasteiger partial charge in [0.15, 0.2) is 0 Å². The number of hydrogen-bond donors (Lipinski definition) is 1. The van der Waals surface area contributed by atoms with E-state index in [1.807, 2.05) is 10.9 Å². The van der Waals surface area contributed by atoms with Crippen LogP contribution in [-0.2, 0) is 6.54 Å². The highest BCUT2D eigenvalue weighted by atomic mass is 15.3. The van der Waals surface area contributed by atoms with Gasteiger partial charge in [-0.15, -0.1) is 0 Å². The Balaban J connectivity index is 2.37. The molecule has 3 heteroatoms. The third-order valence-corrected chi connectivity index (χ3v) is 2.18. The van der Waals surface area contributed by atoms with Crippen molar-refractivity contribution in [1.82, 2.24) is 9.78 Å². The average Bonchev–Trinajstić information content (AvgIpc) is 2.33. The normalized spacial score (nSPS) is 22.5. The Morgan fingerprint density at radius 2 is 2.55 bits per heavy atom. The minimum Gasteiger partial charge on any atom is -0.368 e. The van der Waals surface area contributed by atoms with E-state index in [-0.39, 0.29) is 0 Å². The van der Waals surface area contributed by atoms with Gasteiger partial charge >= 0.3 is 0 Å². The van der Waals surface area contributed by atoms with Crippen molar-refractivity contribution in [2.75, 3.05) is 5.32 Å². The molecule has 11 heavy (non-hydrogen) atoms. The van der Waals surface area contributed by atoms with Crippen molar-refractivity contribution in [3.63, 3.8) is 0 Å². The van der Waals surface area contributed by atoms with Crippen LogP contribution < -0.4 is 5.32 Å². The Labute approximate surface area is 66.4 Å². The molecule has 1 aromatic heterocycles. The third kappa shape index (κ3) is 1.00. The Morgan fingerprint density at radius 3 is 3.36 bits per heavy atom. The molecule has 0 amide bonds. The summed E-state index contributed by atoms with van der Waals surface area (Å²) in [5.74, 6) is 1.20. The van der Waals surface area contributed by atoms with Crippen molar-refractivity contribution in [1.29, 1.82) is 0 Å². The quantitative estimate of drug-likeness (QED) is 0.607. The van der Waals surface area contributed by atoms with E-state index in [0.717, 1.165) is 6.54 Å². The first kappa shape index (κ1) is 6.70. The number of nitrogens with one attached hydrogen (secondary N) is 1. The van der Waals surface area contributed by atoms with E-state index in [9.17, 15) is 0 Å². The van der Waals surface area contributed by atoms with Crippen LogP contribution in [0.15, 0.2) is 6.20 Å². The van der Waals surface area contributed by atoms with Gasteiger partial charge in [-0.2, -0.15) is 5.10 Å². The summed E-state index contributed by atoms with van der Waals surface area (Å²) in [6.07, 6.45) is 3.09. The van der Waals surface area contributed by atoms with Crippen molar-refractivity contribution < 1.29 is 0 Å². The van der Waals surface area contributed by atoms with Crippen LogP contribution in [-0.4, -0.2) is 15.8 Å². The van der Waals surface area contributed by atoms with Crippen LogP contribution >= 0.6 is 0 Å². The van der Waals surface area contributed by atoms with Gasteiger partial charge in [0.05, 0.1) is 6.20 Å². The Bertz CT molecular complexity index is 264. The summed E-state index contributed by atoms with van der Waals surface area (Å²) in [5, 5.41) is 7.65. The summed E-state index contributed by atoms with van der Waals surface area (Å²) in [7, 11) is 0. The van der Waals surface area contributed by atoms with Gasteiger partial charge in [-0.3, -0.25) is 0 Å². The second kappa shape index (κ2) is 2.26. The summed E-state index contributed by atoms with van der Waals surface area (Å²) in [5.41, 5.74) is 1.25. The number of nitrogens with zero attached hydrogens (tertiary/aromatic N) is 2. The largest absolute Gasteiger partial charge is 0.368 e. The minimum atomic E-state index is 0.595. The second-order valence-corrected chi connectivity index (χ2v) is 3.23. The first-order valence-electron chi connectivity index (χ1n) is 4.06. The van der Waals surface area contributed by atoms with Crippen molar-refractivity contribution >= 4 is 5.82 Å². The highest BCUT2D eigenvalue weighted by Crippen LogP contribution is 2.20. The molecule has 0 saturated heterocycles. The molecule has 1 unspecified atom stereocenters. The lowest BCUT2D eigenvalue weighted by Crippen LogP contribution is -2.26. The number of hydrogen-bond acceptors (Lipinski definition) is 2. The number of anilines is 1. The number of aromatic nitrogens is 2. The molecule has 0 bridgehead atoms. The maximum absolute atomic E-state index is 4.24. The fraction of sp³-hybridized carbons (Fsp3) is 0.625. The molecule has 0 saturated carbocycles. The molecule has 2 heterocycles. The second-order valence-electron chi connectivity index (χ2n) is 3.23. The summed E-state index contributed by atoms with van der Waals surface area (Å²) in [6, 6.07) is 0.595. The standard InChI is InChI=1S/C8H13N3/c1-6-5-9-11-4-3-7(2)10-8(6)11/h5,7,10H,3-4H2,1-2H3. The van der Waals surface area contributed by atoms with Crippen LogP contribution in [0.2, 0.25) is 0 Å². The Hall–Kier alpha value is -0.990. The molecule has 0 fully saturated rings. The summed E-state index contributed by atoms with van der Waals surface area (Å²) in [4.78, 5) is 0. The van der Waals surface area contributed by atoms with Crippen LogP contribution in [0.3, 0.4) is 0 Å². The average molecular weight is 151 g/mol. The maximum atomic E-state index is 4.24. The zero-order chi connectivity index (χ0) is 7.84. The van der Waals surface area contributed by atoms with Crippen LogP contribution in [0.4, 0.5) is 5.82 Å². The SMILES string of the molecule is Cc1cnn2c1NC(C)CC2. The fourth-order valence-corrected chi connectivity index (χ4v) is 1.46. The molecule has 1 aromatic rings. The predicted molar refractivity (Wildman–Crippen MR) is 44.7 cm³/mol. The number of rotatable bonds is 0. The number of aryl methyl sites for hydroxylation is 2. The lowest BCUT2D eigenvalue weighted by atomic mass is 10.2. The molecule has 0 radical (unpaired) electrons. The molecule has 1 aliphatic rings. The van der Waals surface area contributed by atoms with Gasteiger partial charge in [-0.05, 0) is 20.3 Å². The molecule has 0 aliphatic carbocycles.